The number of hydrogen-bond donors (Lipinski definition) is 2. The number of aliphatic carboxylic acids is 1. The molecule has 0 aliphatic carbocycles. The second kappa shape index (κ2) is 13.2. The molecule has 0 radical (unpaired) electrons. The number of benzene rings is 3. The number of nitrogens with zero attached hydrogens (tertiary/aromatic N) is 1. The van der Waals surface area contributed by atoms with E-state index in [4.69, 9.17) is 11.6 Å². The Balaban J connectivity index is 1.93. The van der Waals surface area contributed by atoms with E-state index in [9.17, 15) is 23.1 Å². The molecule has 3 aromatic carbocycles. The number of hydrogen-bond acceptors (Lipinski definition) is 4. The fraction of sp³-hybridized carbons (Fsp3) is 0.267. The van der Waals surface area contributed by atoms with Gasteiger partial charge in [0.15, 0.2) is 0 Å². The van der Waals surface area contributed by atoms with E-state index < -0.39 is 40.0 Å². The Kier molecular flexibility index (Phi) is 10.1. The first kappa shape index (κ1) is 31.4. The van der Waals surface area contributed by atoms with Crippen LogP contribution in [0.1, 0.15) is 49.9 Å². The molecule has 1 aliphatic heterocycles. The van der Waals surface area contributed by atoms with Crippen LogP contribution in [0.15, 0.2) is 98.3 Å². The molecule has 3 aromatic rings. The van der Waals surface area contributed by atoms with E-state index in [2.05, 4.69) is 37.2 Å². The van der Waals surface area contributed by atoms with Gasteiger partial charge < -0.3 is 10.4 Å². The van der Waals surface area contributed by atoms with Gasteiger partial charge in [-0.2, -0.15) is 4.31 Å². The molecule has 7 nitrogen and oxygen atoms in total. The molecule has 216 valence electrons. The molecule has 0 saturated carbocycles. The SMILES string of the molecule is CC(C)C[C@H](NC(=O)C1=CC[C@@H](c2cccc(Cl)c2)N(S(=O)(=O)c2ccc(Br)cc2)[C@H]1c1cccc(Br)c1)C(=O)O. The smallest absolute Gasteiger partial charge is 0.326 e. The number of carbonyl (C=O) groups is 2. The number of amides is 1. The third-order valence-corrected chi connectivity index (χ3v) is 9.92. The van der Waals surface area contributed by atoms with E-state index in [0.29, 0.717) is 20.6 Å². The van der Waals surface area contributed by atoms with Gasteiger partial charge in [-0.3, -0.25) is 4.79 Å². The maximum Gasteiger partial charge on any atom is 0.326 e. The van der Waals surface area contributed by atoms with Crippen LogP contribution in [0.2, 0.25) is 5.02 Å². The van der Waals surface area contributed by atoms with Crippen LogP contribution in [-0.4, -0.2) is 35.7 Å². The maximum atomic E-state index is 14.5. The van der Waals surface area contributed by atoms with Crippen molar-refractivity contribution >= 4 is 65.4 Å². The summed E-state index contributed by atoms with van der Waals surface area (Å²) < 4.78 is 31.7. The number of halogens is 3. The highest BCUT2D eigenvalue weighted by molar-refractivity contribution is 9.10. The summed E-state index contributed by atoms with van der Waals surface area (Å²) in [5.74, 6) is -1.78. The fourth-order valence-corrected chi connectivity index (χ4v) is 7.62. The highest BCUT2D eigenvalue weighted by Gasteiger charge is 2.45. The van der Waals surface area contributed by atoms with E-state index in [1.807, 2.05) is 13.8 Å². The minimum Gasteiger partial charge on any atom is -0.480 e. The maximum absolute atomic E-state index is 14.5. The van der Waals surface area contributed by atoms with Gasteiger partial charge in [-0.15, -0.1) is 0 Å². The summed E-state index contributed by atoms with van der Waals surface area (Å²) in [6.45, 7) is 3.74. The fourth-order valence-electron chi connectivity index (χ4n) is 4.96. The number of sulfonamides is 1. The predicted octanol–water partition coefficient (Wildman–Crippen LogP) is 7.28. The summed E-state index contributed by atoms with van der Waals surface area (Å²) in [5, 5.41) is 12.9. The van der Waals surface area contributed by atoms with Crippen LogP contribution in [0.3, 0.4) is 0 Å². The molecule has 41 heavy (non-hydrogen) atoms. The van der Waals surface area contributed by atoms with E-state index in [0.717, 1.165) is 4.47 Å². The molecule has 0 unspecified atom stereocenters. The zero-order chi connectivity index (χ0) is 29.9. The quantitative estimate of drug-likeness (QED) is 0.242. The third-order valence-electron chi connectivity index (χ3n) is 6.78. The van der Waals surface area contributed by atoms with Crippen LogP contribution in [0.4, 0.5) is 0 Å². The number of carboxylic acids is 1. The van der Waals surface area contributed by atoms with Crippen LogP contribution in [0, 0.1) is 5.92 Å². The first-order valence-corrected chi connectivity index (χ1v) is 16.3. The van der Waals surface area contributed by atoms with Gasteiger partial charge in [0.1, 0.15) is 6.04 Å². The van der Waals surface area contributed by atoms with Gasteiger partial charge in [0.2, 0.25) is 15.9 Å². The highest BCUT2D eigenvalue weighted by Crippen LogP contribution is 2.46. The average Bonchev–Trinajstić information content (AvgIpc) is 2.91. The summed E-state index contributed by atoms with van der Waals surface area (Å²) in [4.78, 5) is 25.9. The van der Waals surface area contributed by atoms with Gasteiger partial charge >= 0.3 is 5.97 Å². The molecule has 0 saturated heterocycles. The van der Waals surface area contributed by atoms with Crippen LogP contribution >= 0.6 is 43.5 Å². The van der Waals surface area contributed by atoms with Crippen molar-refractivity contribution in [2.45, 2.75) is 49.7 Å². The van der Waals surface area contributed by atoms with Gasteiger partial charge in [-0.05, 0) is 78.4 Å². The molecular weight excluding hydrogens is 696 g/mol. The van der Waals surface area contributed by atoms with Gasteiger partial charge in [0.05, 0.1) is 17.0 Å². The summed E-state index contributed by atoms with van der Waals surface area (Å²) in [5.41, 5.74) is 1.36. The molecule has 0 bridgehead atoms. The summed E-state index contributed by atoms with van der Waals surface area (Å²) in [6.07, 6.45) is 2.10. The molecule has 0 aromatic heterocycles. The Labute approximate surface area is 261 Å². The van der Waals surface area contributed by atoms with Gasteiger partial charge in [0.25, 0.3) is 0 Å². The molecule has 3 atom stereocenters. The zero-order valence-corrected chi connectivity index (χ0v) is 27.0. The second-order valence-electron chi connectivity index (χ2n) is 10.2. The van der Waals surface area contributed by atoms with Gasteiger partial charge in [-0.1, -0.05) is 87.6 Å². The average molecular weight is 725 g/mol. The van der Waals surface area contributed by atoms with Crippen LogP contribution in [0.5, 0.6) is 0 Å². The first-order chi connectivity index (χ1) is 19.4. The Bertz CT molecular complexity index is 1580. The van der Waals surface area contributed by atoms with Crippen molar-refractivity contribution in [1.29, 1.82) is 0 Å². The number of carboxylic acid groups (broad SMARTS) is 1. The monoisotopic (exact) mass is 722 g/mol. The van der Waals surface area contributed by atoms with Crippen molar-refractivity contribution in [2.24, 2.45) is 5.92 Å². The van der Waals surface area contributed by atoms with Crippen molar-refractivity contribution in [2.75, 3.05) is 0 Å². The largest absolute Gasteiger partial charge is 0.480 e. The molecule has 0 fully saturated rings. The Morgan fingerprint density at radius 3 is 2.27 bits per heavy atom. The molecule has 2 N–H and O–H groups in total. The molecule has 1 aliphatic rings. The number of carbonyl (C=O) groups excluding carboxylic acids is 1. The summed E-state index contributed by atoms with van der Waals surface area (Å²) >= 11 is 13.2. The lowest BCUT2D eigenvalue weighted by Gasteiger charge is -2.41. The van der Waals surface area contributed by atoms with Crippen molar-refractivity contribution in [3.8, 4) is 0 Å². The van der Waals surface area contributed by atoms with Crippen LogP contribution in [-0.2, 0) is 19.6 Å². The first-order valence-electron chi connectivity index (χ1n) is 12.9. The Morgan fingerprint density at radius 2 is 1.66 bits per heavy atom. The van der Waals surface area contributed by atoms with E-state index in [1.165, 1.54) is 16.4 Å². The molecule has 0 spiro atoms. The molecule has 11 heteroatoms. The third kappa shape index (κ3) is 7.29. The number of rotatable bonds is 9. The topological polar surface area (TPSA) is 104 Å². The van der Waals surface area contributed by atoms with E-state index in [1.54, 1.807) is 66.7 Å². The summed E-state index contributed by atoms with van der Waals surface area (Å²) in [6, 6.07) is 17.5. The standard InChI is InChI=1S/C30H29Br2ClN2O5S/c1-18(2)15-26(30(37)38)34-29(36)25-13-14-27(19-5-4-8-23(33)17-19)35(28(25)20-6-3-7-22(32)16-20)41(39,40)24-11-9-21(31)10-12-24/h3-13,16-18,26-28H,14-15H2,1-2H3,(H,34,36)(H,37,38)/t26-,27-,28-/m0/s1. The number of nitrogens with one attached hydrogen (secondary N) is 1. The van der Waals surface area contributed by atoms with E-state index in [-0.39, 0.29) is 29.2 Å². The van der Waals surface area contributed by atoms with Crippen molar-refractivity contribution in [1.82, 2.24) is 9.62 Å². The molecule has 4 rings (SSSR count). The van der Waals surface area contributed by atoms with Crippen molar-refractivity contribution in [3.63, 3.8) is 0 Å². The molecular formula is C30H29Br2ClN2O5S. The lowest BCUT2D eigenvalue weighted by atomic mass is 9.88. The van der Waals surface area contributed by atoms with Gasteiger partial charge in [0, 0.05) is 19.5 Å². The Morgan fingerprint density at radius 1 is 1.00 bits per heavy atom. The lowest BCUT2D eigenvalue weighted by molar-refractivity contribution is -0.141. The predicted molar refractivity (Wildman–Crippen MR) is 166 cm³/mol. The minimum absolute atomic E-state index is 0.0131. The molecule has 1 amide bonds. The molecule has 1 heterocycles. The lowest BCUT2D eigenvalue weighted by Crippen LogP contribution is -2.47. The second-order valence-corrected chi connectivity index (χ2v) is 14.3. The van der Waals surface area contributed by atoms with Crippen LogP contribution in [0.25, 0.3) is 0 Å². The van der Waals surface area contributed by atoms with E-state index >= 15 is 0 Å². The summed E-state index contributed by atoms with van der Waals surface area (Å²) in [7, 11) is -4.21. The normalized spacial score (nSPS) is 18.5. The van der Waals surface area contributed by atoms with Gasteiger partial charge in [-0.25, -0.2) is 13.2 Å². The Hall–Kier alpha value is -2.50. The highest BCUT2D eigenvalue weighted by atomic mass is 79.9. The van der Waals surface area contributed by atoms with Crippen LogP contribution < -0.4 is 5.32 Å². The van der Waals surface area contributed by atoms with Crippen molar-refractivity contribution in [3.05, 3.63) is 110 Å². The minimum atomic E-state index is -4.21. The van der Waals surface area contributed by atoms with Crippen molar-refractivity contribution < 1.29 is 23.1 Å². The zero-order valence-electron chi connectivity index (χ0n) is 22.3.